The third-order valence-electron chi connectivity index (χ3n) is 3.59. The van der Waals surface area contributed by atoms with Crippen molar-refractivity contribution in [2.75, 3.05) is 6.54 Å². The Balaban J connectivity index is 1.86. The van der Waals surface area contributed by atoms with Crippen molar-refractivity contribution in [1.29, 1.82) is 0 Å². The van der Waals surface area contributed by atoms with Gasteiger partial charge in [0.05, 0.1) is 9.80 Å². The van der Waals surface area contributed by atoms with Crippen LogP contribution in [0.1, 0.15) is 24.8 Å². The molecule has 0 atom stereocenters. The zero-order chi connectivity index (χ0) is 12.8. The quantitative estimate of drug-likeness (QED) is 0.927. The molecule has 3 nitrogen and oxygen atoms in total. The number of nitrogens with one attached hydrogen (secondary N) is 1. The highest BCUT2D eigenvalue weighted by atomic mass is 35.5. The van der Waals surface area contributed by atoms with Gasteiger partial charge in [-0.3, -0.25) is 0 Å². The Kier molecular flexibility index (Phi) is 2.96. The van der Waals surface area contributed by atoms with Gasteiger partial charge in [-0.1, -0.05) is 18.0 Å². The number of hydrogen-bond donors (Lipinski definition) is 1. The molecule has 1 fully saturated rings. The molecule has 1 aromatic rings. The summed E-state index contributed by atoms with van der Waals surface area (Å²) < 4.78 is 24.5. The summed E-state index contributed by atoms with van der Waals surface area (Å²) in [6, 6.07) is 5.38. The normalized spacial score (nSPS) is 21.3. The predicted molar refractivity (Wildman–Crippen MR) is 72.3 cm³/mol. The maximum atomic E-state index is 12.3. The van der Waals surface area contributed by atoms with Crippen LogP contribution in [0.5, 0.6) is 0 Å². The van der Waals surface area contributed by atoms with Gasteiger partial charge in [0.1, 0.15) is 0 Å². The number of sulfone groups is 1. The van der Waals surface area contributed by atoms with Gasteiger partial charge in [0.2, 0.25) is 9.84 Å². The minimum Gasteiger partial charge on any atom is -0.309 e. The molecule has 5 heteroatoms. The van der Waals surface area contributed by atoms with E-state index in [0.717, 1.165) is 12.8 Å². The Labute approximate surface area is 112 Å². The molecule has 0 saturated heterocycles. The summed E-state index contributed by atoms with van der Waals surface area (Å²) in [7, 11) is -3.30. The molecule has 0 unspecified atom stereocenters. The largest absolute Gasteiger partial charge is 0.309 e. The van der Waals surface area contributed by atoms with Crippen LogP contribution in [0.3, 0.4) is 0 Å². The first-order valence-corrected chi connectivity index (χ1v) is 7.92. The van der Waals surface area contributed by atoms with Crippen molar-refractivity contribution < 1.29 is 8.42 Å². The summed E-state index contributed by atoms with van der Waals surface area (Å²) in [6.07, 6.45) is 5.25. The molecule has 1 heterocycles. The Hall–Kier alpha value is -0.840. The molecular weight excluding hydrogens is 270 g/mol. The van der Waals surface area contributed by atoms with Crippen molar-refractivity contribution in [2.45, 2.75) is 30.2 Å². The van der Waals surface area contributed by atoms with E-state index in [4.69, 9.17) is 11.6 Å². The second-order valence-corrected chi connectivity index (χ2v) is 7.21. The highest BCUT2D eigenvalue weighted by Crippen LogP contribution is 2.34. The summed E-state index contributed by atoms with van der Waals surface area (Å²) in [6.45, 7) is 0.416. The molecular formula is C13H14ClNO2S. The summed E-state index contributed by atoms with van der Waals surface area (Å²) >= 11 is 5.88. The molecule has 0 bridgehead atoms. The molecule has 1 aliphatic heterocycles. The van der Waals surface area contributed by atoms with Crippen LogP contribution in [0, 0.1) is 0 Å². The molecule has 0 spiro atoms. The molecule has 0 amide bonds. The van der Waals surface area contributed by atoms with E-state index in [2.05, 4.69) is 5.32 Å². The lowest BCUT2D eigenvalue weighted by molar-refractivity contribution is 0.351. The topological polar surface area (TPSA) is 46.2 Å². The lowest BCUT2D eigenvalue weighted by Crippen LogP contribution is -2.36. The second-order valence-electron chi connectivity index (χ2n) is 4.80. The summed E-state index contributed by atoms with van der Waals surface area (Å²) in [4.78, 5) is 0.823. The van der Waals surface area contributed by atoms with Gasteiger partial charge in [-0.25, -0.2) is 8.42 Å². The van der Waals surface area contributed by atoms with Crippen LogP contribution >= 0.6 is 11.6 Å². The van der Waals surface area contributed by atoms with Crippen LogP contribution in [0.25, 0.3) is 6.08 Å². The first-order chi connectivity index (χ1) is 8.57. The monoisotopic (exact) mass is 283 g/mol. The highest BCUT2D eigenvalue weighted by molar-refractivity contribution is 7.95. The van der Waals surface area contributed by atoms with Gasteiger partial charge < -0.3 is 5.32 Å². The molecule has 0 radical (unpaired) electrons. The average molecular weight is 284 g/mol. The predicted octanol–water partition coefficient (Wildman–Crippen LogP) is 2.61. The number of halogens is 1. The second kappa shape index (κ2) is 4.37. The number of fused-ring (bicyclic) bond motifs is 1. The Bertz CT molecular complexity index is 618. The van der Waals surface area contributed by atoms with E-state index in [1.165, 1.54) is 6.42 Å². The molecule has 18 heavy (non-hydrogen) atoms. The molecule has 1 aromatic carbocycles. The van der Waals surface area contributed by atoms with Crippen LogP contribution < -0.4 is 5.32 Å². The van der Waals surface area contributed by atoms with Crippen LogP contribution in [0.4, 0.5) is 0 Å². The first-order valence-electron chi connectivity index (χ1n) is 6.06. The van der Waals surface area contributed by atoms with Crippen LogP contribution in [0.2, 0.25) is 5.02 Å². The minimum atomic E-state index is -3.30. The van der Waals surface area contributed by atoms with E-state index < -0.39 is 9.84 Å². The van der Waals surface area contributed by atoms with Crippen LogP contribution in [-0.4, -0.2) is 21.0 Å². The summed E-state index contributed by atoms with van der Waals surface area (Å²) in [5, 5.41) is 3.85. The smallest absolute Gasteiger partial charge is 0.204 e. The molecule has 3 rings (SSSR count). The third-order valence-corrected chi connectivity index (χ3v) is 5.73. The van der Waals surface area contributed by atoms with E-state index in [1.807, 2.05) is 0 Å². The molecule has 0 aromatic heterocycles. The summed E-state index contributed by atoms with van der Waals surface area (Å²) in [5.74, 6) is 0. The molecule has 1 N–H and O–H groups in total. The van der Waals surface area contributed by atoms with E-state index in [-0.39, 0.29) is 0 Å². The van der Waals surface area contributed by atoms with Gasteiger partial charge in [-0.2, -0.15) is 0 Å². The van der Waals surface area contributed by atoms with Crippen molar-refractivity contribution >= 4 is 27.5 Å². The van der Waals surface area contributed by atoms with E-state index in [0.29, 0.717) is 33.0 Å². The maximum Gasteiger partial charge on any atom is 0.204 e. The van der Waals surface area contributed by atoms with Gasteiger partial charge in [0.15, 0.2) is 0 Å². The maximum absolute atomic E-state index is 12.3. The van der Waals surface area contributed by atoms with Gasteiger partial charge in [-0.05, 0) is 42.7 Å². The van der Waals surface area contributed by atoms with Crippen molar-refractivity contribution in [3.05, 3.63) is 33.7 Å². The van der Waals surface area contributed by atoms with Gasteiger partial charge >= 0.3 is 0 Å². The number of benzene rings is 1. The zero-order valence-corrected chi connectivity index (χ0v) is 11.4. The van der Waals surface area contributed by atoms with Crippen molar-refractivity contribution in [2.24, 2.45) is 0 Å². The summed E-state index contributed by atoms with van der Waals surface area (Å²) in [5.41, 5.74) is 0.702. The van der Waals surface area contributed by atoms with Crippen molar-refractivity contribution in [3.63, 3.8) is 0 Å². The fraction of sp³-hybridized carbons (Fsp3) is 0.385. The van der Waals surface area contributed by atoms with Crippen LogP contribution in [0.15, 0.2) is 28.0 Å². The van der Waals surface area contributed by atoms with Gasteiger partial charge in [0.25, 0.3) is 0 Å². The molecule has 96 valence electrons. The Morgan fingerprint density at radius 2 is 2.11 bits per heavy atom. The fourth-order valence-electron chi connectivity index (χ4n) is 2.27. The van der Waals surface area contributed by atoms with E-state index >= 15 is 0 Å². The standard InChI is InChI=1S/C13H14ClNO2S/c14-10-4-5-13-9(6-10)7-12(18(13,16)17)8-15-11-2-1-3-11/h4-7,11,15H,1-3,8H2. The first kappa shape index (κ1) is 12.2. The average Bonchev–Trinajstić information content (AvgIpc) is 2.48. The highest BCUT2D eigenvalue weighted by Gasteiger charge is 2.30. The van der Waals surface area contributed by atoms with E-state index in [1.54, 1.807) is 24.3 Å². The van der Waals surface area contributed by atoms with Crippen LogP contribution in [-0.2, 0) is 9.84 Å². The van der Waals surface area contributed by atoms with Crippen molar-refractivity contribution in [1.82, 2.24) is 5.32 Å². The fourth-order valence-corrected chi connectivity index (χ4v) is 3.97. The third kappa shape index (κ3) is 1.98. The minimum absolute atomic E-state index is 0.373. The molecule has 2 aliphatic rings. The van der Waals surface area contributed by atoms with E-state index in [9.17, 15) is 8.42 Å². The van der Waals surface area contributed by atoms with Crippen molar-refractivity contribution in [3.8, 4) is 0 Å². The lowest BCUT2D eigenvalue weighted by atomic mass is 9.93. The Morgan fingerprint density at radius 3 is 2.78 bits per heavy atom. The number of rotatable bonds is 3. The zero-order valence-electron chi connectivity index (χ0n) is 9.82. The lowest BCUT2D eigenvalue weighted by Gasteiger charge is -2.26. The number of hydrogen-bond acceptors (Lipinski definition) is 3. The van der Waals surface area contributed by atoms with Gasteiger partial charge in [-0.15, -0.1) is 0 Å². The SMILES string of the molecule is O=S1(=O)C(CNC2CCC2)=Cc2cc(Cl)ccc21. The van der Waals surface area contributed by atoms with Gasteiger partial charge in [0, 0.05) is 17.6 Å². The molecule has 1 aliphatic carbocycles. The molecule has 1 saturated carbocycles. The Morgan fingerprint density at radius 1 is 1.33 bits per heavy atom.